The molecule has 0 saturated heterocycles. The molecule has 0 N–H and O–H groups in total. The molecule has 0 aliphatic heterocycles. The van der Waals surface area contributed by atoms with Crippen LogP contribution in [0.15, 0.2) is 41.0 Å². The molecule has 2 aromatic rings. The van der Waals surface area contributed by atoms with Gasteiger partial charge in [-0.05, 0) is 48.4 Å². The normalized spacial score (nSPS) is 10.7. The average molecular weight is 302 g/mol. The maximum absolute atomic E-state index is 11.7. The fourth-order valence-electron chi connectivity index (χ4n) is 1.91. The Bertz CT molecular complexity index is 656. The minimum absolute atomic E-state index is 0.160. The van der Waals surface area contributed by atoms with E-state index in [-0.39, 0.29) is 6.61 Å². The highest BCUT2D eigenvalue weighted by Gasteiger charge is 2.09. The summed E-state index contributed by atoms with van der Waals surface area (Å²) in [5.74, 6) is 1.41. The lowest BCUT2D eigenvalue weighted by atomic mass is 10.1. The molecule has 5 nitrogen and oxygen atoms in total. The molecule has 116 valence electrons. The number of aryl methyl sites for hydroxylation is 1. The number of carbonyl (C=O) groups is 1. The molecule has 5 heteroatoms. The Hall–Kier alpha value is -2.69. The van der Waals surface area contributed by atoms with Gasteiger partial charge in [0.25, 0.3) is 0 Å². The standard InChI is InChI=1S/C17H18O5/c1-12-9-15(19-2)16(20-3)10-13(12)11-22-17(18)7-6-14-5-4-8-21-14/h4-10H,11H2,1-3H3/b7-6+. The third-order valence-corrected chi connectivity index (χ3v) is 3.14. The van der Waals surface area contributed by atoms with E-state index in [1.807, 2.05) is 13.0 Å². The van der Waals surface area contributed by atoms with Crippen LogP contribution in [-0.4, -0.2) is 20.2 Å². The van der Waals surface area contributed by atoms with Gasteiger partial charge in [-0.15, -0.1) is 0 Å². The molecular weight excluding hydrogens is 284 g/mol. The van der Waals surface area contributed by atoms with Crippen molar-refractivity contribution in [3.8, 4) is 11.5 Å². The van der Waals surface area contributed by atoms with Gasteiger partial charge in [0.2, 0.25) is 0 Å². The van der Waals surface area contributed by atoms with Crippen molar-refractivity contribution in [2.45, 2.75) is 13.5 Å². The molecule has 22 heavy (non-hydrogen) atoms. The molecule has 1 heterocycles. The van der Waals surface area contributed by atoms with Gasteiger partial charge in [0.05, 0.1) is 20.5 Å². The molecule has 0 radical (unpaired) electrons. The first kappa shape index (κ1) is 15.7. The predicted molar refractivity (Wildman–Crippen MR) is 81.8 cm³/mol. The summed E-state index contributed by atoms with van der Waals surface area (Å²) in [5.41, 5.74) is 1.82. The van der Waals surface area contributed by atoms with E-state index in [4.69, 9.17) is 18.6 Å². The minimum atomic E-state index is -0.439. The molecule has 0 aliphatic rings. The number of hydrogen-bond donors (Lipinski definition) is 0. The second kappa shape index (κ2) is 7.36. The number of benzene rings is 1. The van der Waals surface area contributed by atoms with Gasteiger partial charge in [-0.1, -0.05) is 0 Å². The summed E-state index contributed by atoms with van der Waals surface area (Å²) >= 11 is 0. The quantitative estimate of drug-likeness (QED) is 0.605. The zero-order valence-electron chi connectivity index (χ0n) is 12.8. The zero-order chi connectivity index (χ0) is 15.9. The molecule has 0 amide bonds. The summed E-state index contributed by atoms with van der Waals surface area (Å²) in [7, 11) is 3.14. The number of rotatable bonds is 6. The van der Waals surface area contributed by atoms with Gasteiger partial charge in [-0.3, -0.25) is 0 Å². The number of furan rings is 1. The maximum atomic E-state index is 11.7. The minimum Gasteiger partial charge on any atom is -0.493 e. The Morgan fingerprint density at radius 3 is 2.59 bits per heavy atom. The number of ether oxygens (including phenoxy) is 3. The first-order valence-electron chi connectivity index (χ1n) is 6.74. The first-order valence-corrected chi connectivity index (χ1v) is 6.74. The fraction of sp³-hybridized carbons (Fsp3) is 0.235. The van der Waals surface area contributed by atoms with Crippen LogP contribution in [0.5, 0.6) is 11.5 Å². The number of methoxy groups -OCH3 is 2. The molecular formula is C17H18O5. The summed E-state index contributed by atoms with van der Waals surface area (Å²) < 4.78 is 20.8. The second-order valence-electron chi connectivity index (χ2n) is 4.59. The van der Waals surface area contributed by atoms with Crippen molar-refractivity contribution >= 4 is 12.0 Å². The Balaban J connectivity index is 2.00. The SMILES string of the molecule is COc1cc(C)c(COC(=O)/C=C/c2ccco2)cc1OC. The van der Waals surface area contributed by atoms with Crippen LogP contribution in [0.3, 0.4) is 0 Å². The molecule has 1 aromatic heterocycles. The predicted octanol–water partition coefficient (Wildman–Crippen LogP) is 3.36. The molecule has 2 rings (SSSR count). The molecule has 1 aromatic carbocycles. The van der Waals surface area contributed by atoms with Gasteiger partial charge in [0.1, 0.15) is 12.4 Å². The van der Waals surface area contributed by atoms with Crippen molar-refractivity contribution in [2.75, 3.05) is 14.2 Å². The summed E-state index contributed by atoms with van der Waals surface area (Å²) in [4.78, 5) is 11.7. The summed E-state index contributed by atoms with van der Waals surface area (Å²) in [6.07, 6.45) is 4.43. The third-order valence-electron chi connectivity index (χ3n) is 3.14. The summed E-state index contributed by atoms with van der Waals surface area (Å²) in [6, 6.07) is 7.15. The van der Waals surface area contributed by atoms with Gasteiger partial charge in [-0.2, -0.15) is 0 Å². The maximum Gasteiger partial charge on any atom is 0.331 e. The van der Waals surface area contributed by atoms with Crippen LogP contribution in [0.25, 0.3) is 6.08 Å². The Labute approximate surface area is 129 Å². The van der Waals surface area contributed by atoms with Crippen molar-refractivity contribution < 1.29 is 23.4 Å². The van der Waals surface area contributed by atoms with Crippen molar-refractivity contribution in [3.63, 3.8) is 0 Å². The average Bonchev–Trinajstić information content (AvgIpc) is 3.04. The lowest BCUT2D eigenvalue weighted by Crippen LogP contribution is -2.03. The molecule has 0 unspecified atom stereocenters. The van der Waals surface area contributed by atoms with Crippen molar-refractivity contribution in [1.82, 2.24) is 0 Å². The van der Waals surface area contributed by atoms with E-state index >= 15 is 0 Å². The molecule has 0 bridgehead atoms. The third kappa shape index (κ3) is 3.91. The van der Waals surface area contributed by atoms with E-state index in [0.29, 0.717) is 17.3 Å². The molecule has 0 spiro atoms. The van der Waals surface area contributed by atoms with Gasteiger partial charge < -0.3 is 18.6 Å². The summed E-state index contributed by atoms with van der Waals surface area (Å²) in [6.45, 7) is 2.08. The van der Waals surface area contributed by atoms with E-state index in [1.54, 1.807) is 38.5 Å². The van der Waals surface area contributed by atoms with Gasteiger partial charge in [0.15, 0.2) is 11.5 Å². The zero-order valence-corrected chi connectivity index (χ0v) is 12.8. The molecule has 0 saturated carbocycles. The largest absolute Gasteiger partial charge is 0.493 e. The van der Waals surface area contributed by atoms with Crippen LogP contribution in [0.1, 0.15) is 16.9 Å². The Morgan fingerprint density at radius 2 is 1.95 bits per heavy atom. The van der Waals surface area contributed by atoms with Crippen LogP contribution in [0, 0.1) is 6.92 Å². The van der Waals surface area contributed by atoms with Crippen LogP contribution >= 0.6 is 0 Å². The monoisotopic (exact) mass is 302 g/mol. The van der Waals surface area contributed by atoms with Crippen LogP contribution in [0.2, 0.25) is 0 Å². The van der Waals surface area contributed by atoms with Crippen molar-refractivity contribution in [1.29, 1.82) is 0 Å². The highest BCUT2D eigenvalue weighted by Crippen LogP contribution is 2.30. The van der Waals surface area contributed by atoms with Crippen LogP contribution in [-0.2, 0) is 16.1 Å². The van der Waals surface area contributed by atoms with E-state index in [1.165, 1.54) is 12.3 Å². The van der Waals surface area contributed by atoms with E-state index in [2.05, 4.69) is 0 Å². The molecule has 0 fully saturated rings. The molecule has 0 atom stereocenters. The fourth-order valence-corrected chi connectivity index (χ4v) is 1.91. The highest BCUT2D eigenvalue weighted by atomic mass is 16.5. The van der Waals surface area contributed by atoms with E-state index < -0.39 is 5.97 Å². The first-order chi connectivity index (χ1) is 10.6. The second-order valence-corrected chi connectivity index (χ2v) is 4.59. The van der Waals surface area contributed by atoms with Gasteiger partial charge in [0, 0.05) is 6.08 Å². The molecule has 0 aliphatic carbocycles. The highest BCUT2D eigenvalue weighted by molar-refractivity contribution is 5.86. The van der Waals surface area contributed by atoms with Gasteiger partial charge in [-0.25, -0.2) is 4.79 Å². The number of carbonyl (C=O) groups excluding carboxylic acids is 1. The Morgan fingerprint density at radius 1 is 1.23 bits per heavy atom. The van der Waals surface area contributed by atoms with Crippen molar-refractivity contribution in [2.24, 2.45) is 0 Å². The van der Waals surface area contributed by atoms with Crippen LogP contribution < -0.4 is 9.47 Å². The van der Waals surface area contributed by atoms with Crippen LogP contribution in [0.4, 0.5) is 0 Å². The van der Waals surface area contributed by atoms with Crippen molar-refractivity contribution in [3.05, 3.63) is 53.5 Å². The number of esters is 1. The van der Waals surface area contributed by atoms with E-state index in [9.17, 15) is 4.79 Å². The van der Waals surface area contributed by atoms with E-state index in [0.717, 1.165) is 11.1 Å². The lowest BCUT2D eigenvalue weighted by Gasteiger charge is -2.12. The Kier molecular flexibility index (Phi) is 5.25. The van der Waals surface area contributed by atoms with Gasteiger partial charge >= 0.3 is 5.97 Å². The lowest BCUT2D eigenvalue weighted by molar-refractivity contribution is -0.138. The summed E-state index contributed by atoms with van der Waals surface area (Å²) in [5, 5.41) is 0. The smallest absolute Gasteiger partial charge is 0.331 e. The topological polar surface area (TPSA) is 57.9 Å². The number of hydrogen-bond acceptors (Lipinski definition) is 5.